The standard InChI is InChI=1S/C18H9Cl3F2N2O5S/c19-12-6-10(25(26)27)2-4-17(12)30-18-13(20)7-11(8-14(18)21)31(28,29)24-9-1-3-15(22)16(23)5-9/h1-8,24H. The largest absolute Gasteiger partial charge is 0.453 e. The predicted molar refractivity (Wildman–Crippen MR) is 112 cm³/mol. The second-order valence-corrected chi connectivity index (χ2v) is 8.83. The highest BCUT2D eigenvalue weighted by molar-refractivity contribution is 7.92. The van der Waals surface area contributed by atoms with E-state index in [2.05, 4.69) is 4.72 Å². The summed E-state index contributed by atoms with van der Waals surface area (Å²) in [6, 6.07) is 7.93. The lowest BCUT2D eigenvalue weighted by Gasteiger charge is -2.14. The second-order valence-electron chi connectivity index (χ2n) is 5.92. The second kappa shape index (κ2) is 8.83. The molecular weight excluding hydrogens is 501 g/mol. The van der Waals surface area contributed by atoms with Crippen LogP contribution in [0.15, 0.2) is 53.4 Å². The molecule has 0 saturated carbocycles. The SMILES string of the molecule is O=[N+]([O-])c1ccc(Oc2c(Cl)cc(S(=O)(=O)Nc3ccc(F)c(F)c3)cc2Cl)c(Cl)c1. The van der Waals surface area contributed by atoms with Crippen LogP contribution in [-0.4, -0.2) is 13.3 Å². The molecule has 0 aliphatic carbocycles. The topological polar surface area (TPSA) is 98.5 Å². The van der Waals surface area contributed by atoms with Crippen LogP contribution in [0, 0.1) is 21.7 Å². The van der Waals surface area contributed by atoms with E-state index in [1.807, 2.05) is 0 Å². The van der Waals surface area contributed by atoms with E-state index in [1.54, 1.807) is 0 Å². The highest BCUT2D eigenvalue weighted by atomic mass is 35.5. The van der Waals surface area contributed by atoms with Gasteiger partial charge < -0.3 is 4.74 Å². The van der Waals surface area contributed by atoms with Crippen LogP contribution in [0.3, 0.4) is 0 Å². The van der Waals surface area contributed by atoms with Gasteiger partial charge in [-0.05, 0) is 30.3 Å². The fourth-order valence-electron chi connectivity index (χ4n) is 2.36. The Morgan fingerprint density at radius 2 is 1.55 bits per heavy atom. The maximum Gasteiger partial charge on any atom is 0.271 e. The monoisotopic (exact) mass is 508 g/mol. The maximum absolute atomic E-state index is 13.3. The zero-order valence-electron chi connectivity index (χ0n) is 14.9. The van der Waals surface area contributed by atoms with Gasteiger partial charge in [0.15, 0.2) is 17.4 Å². The summed E-state index contributed by atoms with van der Waals surface area (Å²) in [6.45, 7) is 0. The van der Waals surface area contributed by atoms with Crippen LogP contribution in [0.5, 0.6) is 11.5 Å². The number of ether oxygens (including phenoxy) is 1. The molecule has 0 radical (unpaired) electrons. The van der Waals surface area contributed by atoms with Crippen molar-refractivity contribution in [3.05, 3.63) is 85.3 Å². The first kappa shape index (κ1) is 23.0. The Kier molecular flexibility index (Phi) is 6.56. The average Bonchev–Trinajstić information content (AvgIpc) is 2.68. The summed E-state index contributed by atoms with van der Waals surface area (Å²) in [5.74, 6) is -2.53. The minimum atomic E-state index is -4.27. The summed E-state index contributed by atoms with van der Waals surface area (Å²) < 4.78 is 59.0. The average molecular weight is 510 g/mol. The van der Waals surface area contributed by atoms with Gasteiger partial charge in [0, 0.05) is 18.2 Å². The Labute approximate surface area is 189 Å². The van der Waals surface area contributed by atoms with Gasteiger partial charge in [0.2, 0.25) is 0 Å². The van der Waals surface area contributed by atoms with Crippen molar-refractivity contribution in [2.75, 3.05) is 4.72 Å². The number of benzene rings is 3. The molecule has 0 bridgehead atoms. The number of halogens is 5. The van der Waals surface area contributed by atoms with Crippen LogP contribution in [0.4, 0.5) is 20.2 Å². The lowest BCUT2D eigenvalue weighted by Crippen LogP contribution is -2.13. The van der Waals surface area contributed by atoms with Crippen LogP contribution < -0.4 is 9.46 Å². The lowest BCUT2D eigenvalue weighted by molar-refractivity contribution is -0.384. The van der Waals surface area contributed by atoms with Gasteiger partial charge in [-0.25, -0.2) is 17.2 Å². The number of sulfonamides is 1. The van der Waals surface area contributed by atoms with Crippen molar-refractivity contribution >= 4 is 56.2 Å². The Bertz CT molecular complexity index is 1280. The van der Waals surface area contributed by atoms with E-state index in [0.29, 0.717) is 6.07 Å². The van der Waals surface area contributed by atoms with Crippen molar-refractivity contribution in [1.29, 1.82) is 0 Å². The summed E-state index contributed by atoms with van der Waals surface area (Å²) in [4.78, 5) is 9.77. The van der Waals surface area contributed by atoms with Crippen molar-refractivity contribution in [3.8, 4) is 11.5 Å². The molecule has 31 heavy (non-hydrogen) atoms. The van der Waals surface area contributed by atoms with E-state index in [4.69, 9.17) is 39.5 Å². The van der Waals surface area contributed by atoms with E-state index in [-0.39, 0.29) is 42.8 Å². The molecule has 0 spiro atoms. The first-order valence-corrected chi connectivity index (χ1v) is 10.7. The van der Waals surface area contributed by atoms with Gasteiger partial charge in [-0.15, -0.1) is 0 Å². The number of rotatable bonds is 6. The Morgan fingerprint density at radius 1 is 0.903 bits per heavy atom. The molecule has 13 heteroatoms. The molecule has 0 aliphatic rings. The number of anilines is 1. The van der Waals surface area contributed by atoms with Crippen LogP contribution in [0.1, 0.15) is 0 Å². The molecule has 0 heterocycles. The van der Waals surface area contributed by atoms with E-state index in [1.165, 1.54) is 6.07 Å². The predicted octanol–water partition coefficient (Wildman–Crippen LogP) is 6.43. The van der Waals surface area contributed by atoms with E-state index < -0.39 is 26.6 Å². The molecule has 0 atom stereocenters. The fraction of sp³-hybridized carbons (Fsp3) is 0. The molecule has 0 fully saturated rings. The Balaban J connectivity index is 1.91. The molecular formula is C18H9Cl3F2N2O5S. The number of hydrogen-bond acceptors (Lipinski definition) is 5. The van der Waals surface area contributed by atoms with Gasteiger partial charge >= 0.3 is 0 Å². The van der Waals surface area contributed by atoms with Gasteiger partial charge in [-0.2, -0.15) is 0 Å². The molecule has 0 amide bonds. The van der Waals surface area contributed by atoms with Crippen molar-refractivity contribution in [2.24, 2.45) is 0 Å². The first-order valence-electron chi connectivity index (χ1n) is 8.06. The number of hydrogen-bond donors (Lipinski definition) is 1. The molecule has 0 aromatic heterocycles. The van der Waals surface area contributed by atoms with Crippen LogP contribution in [0.25, 0.3) is 0 Å². The van der Waals surface area contributed by atoms with Gasteiger partial charge in [-0.3, -0.25) is 14.8 Å². The Hall–Kier alpha value is -2.66. The van der Waals surface area contributed by atoms with E-state index >= 15 is 0 Å². The summed E-state index contributed by atoms with van der Waals surface area (Å²) in [6.07, 6.45) is 0. The zero-order chi connectivity index (χ0) is 22.9. The van der Waals surface area contributed by atoms with Gasteiger partial charge in [-0.1, -0.05) is 34.8 Å². The highest BCUT2D eigenvalue weighted by Crippen LogP contribution is 2.41. The van der Waals surface area contributed by atoms with Crippen molar-refractivity contribution in [2.45, 2.75) is 4.90 Å². The summed E-state index contributed by atoms with van der Waals surface area (Å²) in [7, 11) is -4.27. The van der Waals surface area contributed by atoms with Crippen molar-refractivity contribution in [1.82, 2.24) is 0 Å². The summed E-state index contributed by atoms with van der Waals surface area (Å²) in [5.41, 5.74) is -0.483. The highest BCUT2D eigenvalue weighted by Gasteiger charge is 2.21. The van der Waals surface area contributed by atoms with E-state index in [0.717, 1.165) is 36.4 Å². The molecule has 3 aromatic carbocycles. The van der Waals surface area contributed by atoms with Crippen LogP contribution >= 0.6 is 34.8 Å². The van der Waals surface area contributed by atoms with Gasteiger partial charge in [0.05, 0.1) is 30.6 Å². The molecule has 3 aromatic rings. The molecule has 0 saturated heterocycles. The smallest absolute Gasteiger partial charge is 0.271 e. The molecule has 7 nitrogen and oxygen atoms in total. The normalized spacial score (nSPS) is 11.3. The third-order valence-corrected chi connectivity index (χ3v) is 6.01. The number of nitrogens with zero attached hydrogens (tertiary/aromatic N) is 1. The molecule has 0 aliphatic heterocycles. The van der Waals surface area contributed by atoms with Crippen LogP contribution in [-0.2, 0) is 10.0 Å². The molecule has 3 rings (SSSR count). The number of nitro groups is 1. The third-order valence-electron chi connectivity index (χ3n) is 3.79. The van der Waals surface area contributed by atoms with Crippen molar-refractivity contribution < 1.29 is 26.9 Å². The zero-order valence-corrected chi connectivity index (χ0v) is 18.0. The quantitative estimate of drug-likeness (QED) is 0.305. The fourth-order valence-corrected chi connectivity index (χ4v) is 4.37. The van der Waals surface area contributed by atoms with Crippen molar-refractivity contribution in [3.63, 3.8) is 0 Å². The molecule has 0 unspecified atom stereocenters. The summed E-state index contributed by atoms with van der Waals surface area (Å²) >= 11 is 18.2. The maximum atomic E-state index is 13.3. The summed E-state index contributed by atoms with van der Waals surface area (Å²) in [5, 5.41) is 10.3. The Morgan fingerprint density at radius 3 is 2.10 bits per heavy atom. The van der Waals surface area contributed by atoms with E-state index in [9.17, 15) is 27.3 Å². The lowest BCUT2D eigenvalue weighted by atomic mass is 10.3. The van der Waals surface area contributed by atoms with Crippen LogP contribution in [0.2, 0.25) is 15.1 Å². The first-order chi connectivity index (χ1) is 14.5. The van der Waals surface area contributed by atoms with Gasteiger partial charge in [0.25, 0.3) is 15.7 Å². The molecule has 162 valence electrons. The number of nitro benzene ring substituents is 1. The number of nitrogens with one attached hydrogen (secondary N) is 1. The minimum Gasteiger partial charge on any atom is -0.453 e. The van der Waals surface area contributed by atoms with Gasteiger partial charge in [0.1, 0.15) is 5.75 Å². The number of non-ortho nitro benzene ring substituents is 1. The minimum absolute atomic E-state index is 0.00779. The third kappa shape index (κ3) is 5.16. The molecule has 1 N–H and O–H groups in total.